The van der Waals surface area contributed by atoms with Crippen LogP contribution < -0.4 is 4.74 Å². The van der Waals surface area contributed by atoms with Gasteiger partial charge in [0.25, 0.3) is 0 Å². The number of esters is 1. The van der Waals surface area contributed by atoms with Gasteiger partial charge in [0.15, 0.2) is 0 Å². The molecule has 0 N–H and O–H groups in total. The Bertz CT molecular complexity index is 655. The minimum atomic E-state index is -4.91. The van der Waals surface area contributed by atoms with Crippen LogP contribution in [0.5, 0.6) is 5.75 Å². The molecule has 0 fully saturated rings. The van der Waals surface area contributed by atoms with Crippen LogP contribution >= 0.6 is 0 Å². The smallest absolute Gasteiger partial charge is 0.420 e. The summed E-state index contributed by atoms with van der Waals surface area (Å²) in [5, 5.41) is 0. The van der Waals surface area contributed by atoms with Gasteiger partial charge in [-0.05, 0) is 12.8 Å². The highest BCUT2D eigenvalue weighted by atomic mass is 19.4. The van der Waals surface area contributed by atoms with Crippen LogP contribution in [0.15, 0.2) is 0 Å². The quantitative estimate of drug-likeness (QED) is 0.160. The first kappa shape index (κ1) is 21.8. The average Bonchev–Trinajstić information content (AvgIpc) is 2.57. The van der Waals surface area contributed by atoms with E-state index in [0.717, 1.165) is 0 Å². The number of ketones is 1. The number of halogens is 8. The normalized spacial score (nSPS) is 11.5. The van der Waals surface area contributed by atoms with Gasteiger partial charge < -0.3 is 4.74 Å². The number of unbranched alkanes of at least 4 members (excludes halogenated alkanes) is 3. The third-order valence-electron chi connectivity index (χ3n) is 3.24. The highest BCUT2D eigenvalue weighted by molar-refractivity contribution is 5.83. The predicted molar refractivity (Wildman–Crippen MR) is 70.6 cm³/mol. The summed E-state index contributed by atoms with van der Waals surface area (Å²) in [4.78, 5) is 22.0. The first-order valence-electron chi connectivity index (χ1n) is 7.29. The van der Waals surface area contributed by atoms with Gasteiger partial charge in [-0.2, -0.15) is 22.0 Å². The van der Waals surface area contributed by atoms with Crippen LogP contribution in [0.2, 0.25) is 0 Å². The second-order valence-corrected chi connectivity index (χ2v) is 5.21. The Hall–Kier alpha value is -2.20. The Morgan fingerprint density at radius 3 is 1.58 bits per heavy atom. The lowest BCUT2D eigenvalue weighted by atomic mass is 10.1. The van der Waals surface area contributed by atoms with Gasteiger partial charge in [-0.3, -0.25) is 9.59 Å². The summed E-state index contributed by atoms with van der Waals surface area (Å²) in [5.41, 5.74) is 0. The zero-order valence-corrected chi connectivity index (χ0v) is 13.0. The SMILES string of the molecule is O=C(CCCCCCC(=O)C(F)(F)F)Oc1c(F)c(F)c(F)c(F)c1F. The van der Waals surface area contributed by atoms with Crippen molar-refractivity contribution < 1.29 is 49.4 Å². The largest absolute Gasteiger partial charge is 0.449 e. The zero-order valence-electron chi connectivity index (χ0n) is 13.0. The van der Waals surface area contributed by atoms with Crippen LogP contribution in [-0.2, 0) is 9.59 Å². The average molecular weight is 392 g/mol. The van der Waals surface area contributed by atoms with Crippen LogP contribution in [0.3, 0.4) is 0 Å². The second-order valence-electron chi connectivity index (χ2n) is 5.21. The van der Waals surface area contributed by atoms with E-state index < -0.39 is 65.6 Å². The van der Waals surface area contributed by atoms with E-state index in [1.165, 1.54) is 0 Å². The number of carbonyl (C=O) groups excluding carboxylic acids is 2. The summed E-state index contributed by atoms with van der Waals surface area (Å²) in [7, 11) is 0. The molecular weight excluding hydrogens is 380 g/mol. The number of rotatable bonds is 8. The van der Waals surface area contributed by atoms with Gasteiger partial charge in [0.1, 0.15) is 0 Å². The fourth-order valence-electron chi connectivity index (χ4n) is 1.89. The topological polar surface area (TPSA) is 43.4 Å². The van der Waals surface area contributed by atoms with Crippen molar-refractivity contribution >= 4 is 11.8 Å². The number of carbonyl (C=O) groups is 2. The van der Waals surface area contributed by atoms with E-state index in [4.69, 9.17) is 0 Å². The molecule has 0 aromatic heterocycles. The van der Waals surface area contributed by atoms with Crippen molar-refractivity contribution in [2.45, 2.75) is 44.7 Å². The third kappa shape index (κ3) is 5.67. The molecule has 0 unspecified atom stereocenters. The minimum absolute atomic E-state index is 0.0223. The minimum Gasteiger partial charge on any atom is -0.420 e. The number of hydrogen-bond donors (Lipinski definition) is 0. The number of ether oxygens (including phenoxy) is 1. The number of benzene rings is 1. The van der Waals surface area contributed by atoms with Gasteiger partial charge in [0, 0.05) is 12.8 Å². The Kier molecular flexibility index (Phi) is 7.52. The van der Waals surface area contributed by atoms with Gasteiger partial charge in [0.05, 0.1) is 0 Å². The Balaban J connectivity index is 2.44. The van der Waals surface area contributed by atoms with Crippen LogP contribution in [0.4, 0.5) is 35.1 Å². The molecule has 0 aliphatic rings. The molecule has 0 bridgehead atoms. The van der Waals surface area contributed by atoms with Crippen molar-refractivity contribution in [3.8, 4) is 5.75 Å². The van der Waals surface area contributed by atoms with Crippen LogP contribution in [-0.4, -0.2) is 17.9 Å². The predicted octanol–water partition coefficient (Wildman–Crippen LogP) is 4.76. The van der Waals surface area contributed by atoms with Crippen molar-refractivity contribution in [3.05, 3.63) is 29.1 Å². The molecule has 0 amide bonds. The highest BCUT2D eigenvalue weighted by Crippen LogP contribution is 2.29. The highest BCUT2D eigenvalue weighted by Gasteiger charge is 2.37. The van der Waals surface area contributed by atoms with E-state index in [9.17, 15) is 44.7 Å². The summed E-state index contributed by atoms with van der Waals surface area (Å²) in [5.74, 6) is -16.4. The first-order chi connectivity index (χ1) is 12.0. The van der Waals surface area contributed by atoms with E-state index in [2.05, 4.69) is 4.74 Å². The van der Waals surface area contributed by atoms with Gasteiger partial charge >= 0.3 is 12.1 Å². The molecule has 0 aliphatic heterocycles. The molecular formula is C15H12F8O3. The standard InChI is InChI=1S/C15H12F8O3/c16-9-10(17)12(19)14(13(20)11(9)18)26-8(25)6-4-2-1-3-5-7(24)15(21,22)23/h1-6H2. The van der Waals surface area contributed by atoms with Crippen LogP contribution in [0.1, 0.15) is 38.5 Å². The molecule has 146 valence electrons. The molecule has 0 atom stereocenters. The molecule has 26 heavy (non-hydrogen) atoms. The number of hydrogen-bond acceptors (Lipinski definition) is 3. The molecule has 0 aliphatic carbocycles. The molecule has 0 radical (unpaired) electrons. The zero-order chi connectivity index (χ0) is 20.1. The van der Waals surface area contributed by atoms with E-state index in [0.29, 0.717) is 0 Å². The summed E-state index contributed by atoms with van der Waals surface area (Å²) in [6.07, 6.45) is -5.78. The van der Waals surface area contributed by atoms with E-state index in [1.54, 1.807) is 0 Å². The molecule has 0 heterocycles. The Labute approximate surface area is 141 Å². The summed E-state index contributed by atoms with van der Waals surface area (Å²) in [6.45, 7) is 0. The van der Waals surface area contributed by atoms with Crippen molar-refractivity contribution in [2.75, 3.05) is 0 Å². The molecule has 1 aromatic carbocycles. The lowest BCUT2D eigenvalue weighted by Crippen LogP contribution is -2.22. The molecule has 0 saturated carbocycles. The molecule has 1 rings (SSSR count). The van der Waals surface area contributed by atoms with Crippen molar-refractivity contribution in [3.63, 3.8) is 0 Å². The van der Waals surface area contributed by atoms with Crippen molar-refractivity contribution in [1.82, 2.24) is 0 Å². The number of Topliss-reactive ketones (excluding diaryl/α,β-unsaturated/α-hetero) is 1. The van der Waals surface area contributed by atoms with Crippen LogP contribution in [0.25, 0.3) is 0 Å². The van der Waals surface area contributed by atoms with Crippen LogP contribution in [0, 0.1) is 29.1 Å². The number of alkyl halides is 3. The molecule has 1 aromatic rings. The fraction of sp³-hybridized carbons (Fsp3) is 0.467. The summed E-state index contributed by atoms with van der Waals surface area (Å²) in [6, 6.07) is 0. The summed E-state index contributed by atoms with van der Waals surface area (Å²) >= 11 is 0. The van der Waals surface area contributed by atoms with Gasteiger partial charge in [0.2, 0.25) is 40.6 Å². The molecule has 0 saturated heterocycles. The maximum absolute atomic E-state index is 13.3. The first-order valence-corrected chi connectivity index (χ1v) is 7.29. The van der Waals surface area contributed by atoms with Gasteiger partial charge in [-0.1, -0.05) is 12.8 Å². The lowest BCUT2D eigenvalue weighted by Gasteiger charge is -2.09. The monoisotopic (exact) mass is 392 g/mol. The van der Waals surface area contributed by atoms with Gasteiger partial charge in [-0.25, -0.2) is 13.2 Å². The third-order valence-corrected chi connectivity index (χ3v) is 3.24. The second kappa shape index (κ2) is 8.95. The van der Waals surface area contributed by atoms with Crippen molar-refractivity contribution in [2.24, 2.45) is 0 Å². The van der Waals surface area contributed by atoms with E-state index >= 15 is 0 Å². The van der Waals surface area contributed by atoms with Crippen molar-refractivity contribution in [1.29, 1.82) is 0 Å². The van der Waals surface area contributed by atoms with Gasteiger partial charge in [-0.15, -0.1) is 0 Å². The summed E-state index contributed by atoms with van der Waals surface area (Å²) < 4.78 is 105. The molecule has 3 nitrogen and oxygen atoms in total. The molecule has 11 heteroatoms. The lowest BCUT2D eigenvalue weighted by molar-refractivity contribution is -0.171. The Morgan fingerprint density at radius 2 is 1.12 bits per heavy atom. The maximum Gasteiger partial charge on any atom is 0.449 e. The molecule has 0 spiro atoms. The van der Waals surface area contributed by atoms with E-state index in [-0.39, 0.29) is 25.7 Å². The fourth-order valence-corrected chi connectivity index (χ4v) is 1.89. The maximum atomic E-state index is 13.3. The van der Waals surface area contributed by atoms with E-state index in [1.807, 2.05) is 0 Å². The Morgan fingerprint density at radius 1 is 0.692 bits per heavy atom.